The van der Waals surface area contributed by atoms with Crippen LogP contribution in [0.1, 0.15) is 0 Å². The third-order valence-corrected chi connectivity index (χ3v) is 7.69. The molecule has 0 amide bonds. The van der Waals surface area contributed by atoms with E-state index < -0.39 is 36.9 Å². The number of hydrogen-bond acceptors (Lipinski definition) is 6. The van der Waals surface area contributed by atoms with E-state index in [1.165, 1.54) is 47.2 Å². The van der Waals surface area contributed by atoms with Gasteiger partial charge in [0.25, 0.3) is 10.0 Å². The van der Waals surface area contributed by atoms with Crippen LogP contribution in [0, 0.1) is 0 Å². The molecule has 0 saturated heterocycles. The molecule has 3 rings (SSSR count). The summed E-state index contributed by atoms with van der Waals surface area (Å²) in [6, 6.07) is 11.5. The molecule has 29 heavy (non-hydrogen) atoms. The maximum absolute atomic E-state index is 12.8. The van der Waals surface area contributed by atoms with Gasteiger partial charge in [0, 0.05) is 10.8 Å². The first-order valence-corrected chi connectivity index (χ1v) is 11.7. The van der Waals surface area contributed by atoms with Crippen LogP contribution in [-0.4, -0.2) is 23.2 Å². The Balaban J connectivity index is 2.00. The molecule has 0 radical (unpaired) electrons. The Bertz CT molecular complexity index is 1220. The highest BCUT2D eigenvalue weighted by Crippen LogP contribution is 2.35. The monoisotopic (exact) mass is 463 g/mol. The van der Waals surface area contributed by atoms with Gasteiger partial charge in [0.15, 0.2) is 0 Å². The molecule has 0 spiro atoms. The van der Waals surface area contributed by atoms with Gasteiger partial charge >= 0.3 is 6.36 Å². The first-order chi connectivity index (χ1) is 13.5. The Hall–Kier alpha value is -2.57. The van der Waals surface area contributed by atoms with Gasteiger partial charge in [0.05, 0.1) is 10.6 Å². The molecule has 0 aliphatic heterocycles. The lowest BCUT2D eigenvalue weighted by Gasteiger charge is -2.14. The Morgan fingerprint density at radius 1 is 0.828 bits per heavy atom. The number of sulfonamides is 1. The van der Waals surface area contributed by atoms with E-state index >= 15 is 0 Å². The van der Waals surface area contributed by atoms with Crippen molar-refractivity contribution in [3.05, 3.63) is 65.4 Å². The van der Waals surface area contributed by atoms with Gasteiger partial charge in [-0.2, -0.15) is 0 Å². The fourth-order valence-corrected chi connectivity index (χ4v) is 6.27. The van der Waals surface area contributed by atoms with Gasteiger partial charge in [-0.3, -0.25) is 4.72 Å². The quantitative estimate of drug-likeness (QED) is 0.589. The molecule has 0 aliphatic rings. The zero-order valence-electron chi connectivity index (χ0n) is 14.3. The van der Waals surface area contributed by atoms with Crippen LogP contribution >= 0.6 is 11.3 Å². The Kier molecular flexibility index (Phi) is 5.61. The zero-order valence-corrected chi connectivity index (χ0v) is 16.7. The average molecular weight is 463 g/mol. The fraction of sp³-hybridized carbons (Fsp3) is 0.0588. The van der Waals surface area contributed by atoms with Gasteiger partial charge in [-0.15, -0.1) is 24.5 Å². The number of ether oxygens (including phenoxy) is 1. The van der Waals surface area contributed by atoms with E-state index in [9.17, 15) is 30.0 Å². The lowest BCUT2D eigenvalue weighted by Crippen LogP contribution is -2.21. The van der Waals surface area contributed by atoms with Crippen molar-refractivity contribution < 1.29 is 34.7 Å². The third-order valence-electron chi connectivity index (χ3n) is 3.58. The molecule has 6 nitrogen and oxygen atoms in total. The highest BCUT2D eigenvalue weighted by atomic mass is 32.2. The van der Waals surface area contributed by atoms with Crippen molar-refractivity contribution in [1.29, 1.82) is 0 Å². The summed E-state index contributed by atoms with van der Waals surface area (Å²) in [5, 5.41) is 2.47. The maximum atomic E-state index is 12.8. The zero-order chi connectivity index (χ0) is 21.3. The largest absolute Gasteiger partial charge is 0.573 e. The van der Waals surface area contributed by atoms with Crippen molar-refractivity contribution in [3.8, 4) is 5.75 Å². The number of hydrogen-bond donors (Lipinski definition) is 1. The van der Waals surface area contributed by atoms with Crippen molar-refractivity contribution in [1.82, 2.24) is 0 Å². The van der Waals surface area contributed by atoms with E-state index in [1.807, 2.05) is 4.72 Å². The number of benzene rings is 2. The van der Waals surface area contributed by atoms with E-state index in [4.69, 9.17) is 0 Å². The van der Waals surface area contributed by atoms with Crippen LogP contribution in [-0.2, 0) is 19.9 Å². The van der Waals surface area contributed by atoms with Gasteiger partial charge in [0.1, 0.15) is 15.5 Å². The van der Waals surface area contributed by atoms with Crippen LogP contribution < -0.4 is 9.46 Å². The van der Waals surface area contributed by atoms with E-state index in [2.05, 4.69) is 4.74 Å². The molecule has 12 heteroatoms. The van der Waals surface area contributed by atoms with Crippen LogP contribution in [0.3, 0.4) is 0 Å². The van der Waals surface area contributed by atoms with E-state index in [-0.39, 0.29) is 15.5 Å². The first kappa shape index (κ1) is 21.1. The Labute approximate surface area is 168 Å². The number of sulfone groups is 1. The van der Waals surface area contributed by atoms with Crippen LogP contribution in [0.25, 0.3) is 0 Å². The van der Waals surface area contributed by atoms with Gasteiger partial charge in [-0.25, -0.2) is 16.8 Å². The molecular weight excluding hydrogens is 451 g/mol. The number of alkyl halides is 3. The van der Waals surface area contributed by atoms with Gasteiger partial charge in [0.2, 0.25) is 9.84 Å². The molecule has 154 valence electrons. The predicted octanol–water partition coefficient (Wildman–Crippen LogP) is 4.28. The second-order valence-electron chi connectivity index (χ2n) is 5.57. The first-order valence-electron chi connectivity index (χ1n) is 7.75. The second kappa shape index (κ2) is 7.69. The SMILES string of the molecule is O=S(=O)(Nc1cscc1S(=O)(=O)c1ccccc1)c1ccccc1OC(F)(F)F. The van der Waals surface area contributed by atoms with Crippen LogP contribution in [0.5, 0.6) is 5.75 Å². The number of halogens is 3. The number of nitrogens with one attached hydrogen (secondary N) is 1. The molecule has 2 aromatic carbocycles. The molecule has 0 fully saturated rings. The minimum Gasteiger partial charge on any atom is -0.404 e. The summed E-state index contributed by atoms with van der Waals surface area (Å²) in [4.78, 5) is -1.15. The van der Waals surface area contributed by atoms with Gasteiger partial charge < -0.3 is 4.74 Å². The number of rotatable bonds is 6. The smallest absolute Gasteiger partial charge is 0.404 e. The standard InChI is InChI=1S/C17H12F3NO5S3/c18-17(19,20)26-14-8-4-5-9-15(14)29(24,25)21-13-10-27-11-16(13)28(22,23)12-6-2-1-3-7-12/h1-11,21H. The summed E-state index contributed by atoms with van der Waals surface area (Å²) in [6.45, 7) is 0. The van der Waals surface area contributed by atoms with Crippen LogP contribution in [0.4, 0.5) is 18.9 Å². The molecule has 0 saturated carbocycles. The number of thiophene rings is 1. The van der Waals surface area contributed by atoms with Crippen molar-refractivity contribution in [3.63, 3.8) is 0 Å². The van der Waals surface area contributed by atoms with Crippen molar-refractivity contribution in [2.45, 2.75) is 21.0 Å². The molecule has 1 heterocycles. The maximum Gasteiger partial charge on any atom is 0.573 e. The van der Waals surface area contributed by atoms with E-state index in [0.29, 0.717) is 0 Å². The van der Waals surface area contributed by atoms with E-state index in [0.717, 1.165) is 23.5 Å². The second-order valence-corrected chi connectivity index (χ2v) is 9.88. The lowest BCUT2D eigenvalue weighted by molar-refractivity contribution is -0.275. The Morgan fingerprint density at radius 3 is 2.10 bits per heavy atom. The van der Waals surface area contributed by atoms with Crippen molar-refractivity contribution in [2.24, 2.45) is 0 Å². The molecule has 0 unspecified atom stereocenters. The van der Waals surface area contributed by atoms with Crippen LogP contribution in [0.2, 0.25) is 0 Å². The highest BCUT2D eigenvalue weighted by molar-refractivity contribution is 7.93. The topological polar surface area (TPSA) is 89.5 Å². The molecule has 0 bridgehead atoms. The molecule has 0 atom stereocenters. The summed E-state index contributed by atoms with van der Waals surface area (Å²) < 4.78 is 94.5. The van der Waals surface area contributed by atoms with E-state index in [1.54, 1.807) is 6.07 Å². The molecular formula is C17H12F3NO5S3. The highest BCUT2D eigenvalue weighted by Gasteiger charge is 2.34. The van der Waals surface area contributed by atoms with Crippen molar-refractivity contribution in [2.75, 3.05) is 4.72 Å². The lowest BCUT2D eigenvalue weighted by atomic mass is 10.3. The van der Waals surface area contributed by atoms with Gasteiger partial charge in [-0.05, 0) is 24.3 Å². The summed E-state index contributed by atoms with van der Waals surface area (Å²) >= 11 is 0.920. The summed E-state index contributed by atoms with van der Waals surface area (Å²) in [5.74, 6) is -0.935. The summed E-state index contributed by atoms with van der Waals surface area (Å²) in [5.41, 5.74) is -0.277. The average Bonchev–Trinajstić information content (AvgIpc) is 3.09. The third kappa shape index (κ3) is 4.71. The summed E-state index contributed by atoms with van der Waals surface area (Å²) in [7, 11) is -8.63. The predicted molar refractivity (Wildman–Crippen MR) is 100 cm³/mol. The number of para-hydroxylation sites is 1. The fourth-order valence-electron chi connectivity index (χ4n) is 2.38. The molecule has 1 aromatic heterocycles. The number of anilines is 1. The minimum absolute atomic E-state index is 0.0559. The van der Waals surface area contributed by atoms with Crippen LogP contribution in [0.15, 0.2) is 80.0 Å². The van der Waals surface area contributed by atoms with Gasteiger partial charge in [-0.1, -0.05) is 30.3 Å². The molecule has 0 aliphatic carbocycles. The minimum atomic E-state index is -5.10. The molecule has 1 N–H and O–H groups in total. The normalized spacial score (nSPS) is 12.5. The summed E-state index contributed by atoms with van der Waals surface area (Å²) in [6.07, 6.45) is -5.10. The molecule has 3 aromatic rings. The van der Waals surface area contributed by atoms with Crippen molar-refractivity contribution >= 4 is 36.9 Å². The Morgan fingerprint density at radius 2 is 1.45 bits per heavy atom.